The number of rotatable bonds is 6. The molecule has 0 spiro atoms. The molecule has 32 heavy (non-hydrogen) atoms. The summed E-state index contributed by atoms with van der Waals surface area (Å²) in [4.78, 5) is 56.5. The van der Waals surface area contributed by atoms with Crippen molar-refractivity contribution < 1.29 is 28.7 Å². The largest absolute Gasteiger partial charge is 0.468 e. The number of hydrogen-bond donors (Lipinski definition) is 0. The molecule has 2 saturated heterocycles. The molecule has 0 aromatic carbocycles. The molecule has 0 saturated carbocycles. The van der Waals surface area contributed by atoms with Crippen LogP contribution in [-0.4, -0.2) is 85.0 Å². The van der Waals surface area contributed by atoms with Gasteiger partial charge in [0.15, 0.2) is 0 Å². The fourth-order valence-electron chi connectivity index (χ4n) is 5.09. The number of fused-ring (bicyclic) bond motifs is 1. The van der Waals surface area contributed by atoms with Crippen molar-refractivity contribution in [3.05, 3.63) is 24.4 Å². The molecule has 9 nitrogen and oxygen atoms in total. The Morgan fingerprint density at radius 2 is 1.88 bits per heavy atom. The van der Waals surface area contributed by atoms with Crippen LogP contribution < -0.4 is 0 Å². The quantitative estimate of drug-likeness (QED) is 0.456. The third-order valence-corrected chi connectivity index (χ3v) is 6.67. The van der Waals surface area contributed by atoms with E-state index >= 15 is 0 Å². The van der Waals surface area contributed by atoms with Gasteiger partial charge in [-0.3, -0.25) is 14.4 Å². The highest BCUT2D eigenvalue weighted by atomic mass is 16.6. The molecule has 0 N–H and O–H groups in total. The van der Waals surface area contributed by atoms with E-state index in [1.165, 1.54) is 7.11 Å². The number of methoxy groups -OCH3 is 1. The van der Waals surface area contributed by atoms with Gasteiger partial charge in [-0.1, -0.05) is 18.6 Å². The lowest BCUT2D eigenvalue weighted by Crippen LogP contribution is -2.51. The smallest absolute Gasteiger partial charge is 0.409 e. The predicted octanol–water partition coefficient (Wildman–Crippen LogP) is 1.94. The molecule has 2 atom stereocenters. The van der Waals surface area contributed by atoms with Crippen LogP contribution in [0, 0.1) is 11.3 Å². The second-order valence-corrected chi connectivity index (χ2v) is 8.36. The summed E-state index contributed by atoms with van der Waals surface area (Å²) in [5, 5.41) is 0. The molecular formula is C23H33N3O6. The Balaban J connectivity index is 1.81. The van der Waals surface area contributed by atoms with Crippen LogP contribution in [0.15, 0.2) is 24.4 Å². The summed E-state index contributed by atoms with van der Waals surface area (Å²) >= 11 is 0. The molecule has 0 unspecified atom stereocenters. The molecule has 0 radical (unpaired) electrons. The molecule has 9 heteroatoms. The van der Waals surface area contributed by atoms with Crippen LogP contribution in [-0.2, 0) is 23.9 Å². The Bertz CT molecular complexity index is 802. The summed E-state index contributed by atoms with van der Waals surface area (Å²) in [6.07, 6.45) is 6.05. The lowest BCUT2D eigenvalue weighted by atomic mass is 9.71. The Morgan fingerprint density at radius 1 is 1.19 bits per heavy atom. The zero-order valence-electron chi connectivity index (χ0n) is 19.0. The lowest BCUT2D eigenvalue weighted by molar-refractivity contribution is -0.156. The highest BCUT2D eigenvalue weighted by molar-refractivity contribution is 5.99. The van der Waals surface area contributed by atoms with Gasteiger partial charge in [0.1, 0.15) is 5.41 Å². The van der Waals surface area contributed by atoms with Crippen molar-refractivity contribution in [1.29, 1.82) is 0 Å². The first-order valence-corrected chi connectivity index (χ1v) is 11.3. The van der Waals surface area contributed by atoms with E-state index in [0.29, 0.717) is 44.9 Å². The van der Waals surface area contributed by atoms with E-state index in [2.05, 4.69) is 6.58 Å². The van der Waals surface area contributed by atoms with Crippen molar-refractivity contribution in [3.63, 3.8) is 0 Å². The van der Waals surface area contributed by atoms with Crippen molar-refractivity contribution in [1.82, 2.24) is 14.7 Å². The van der Waals surface area contributed by atoms with E-state index in [9.17, 15) is 19.2 Å². The second-order valence-electron chi connectivity index (χ2n) is 8.36. The van der Waals surface area contributed by atoms with Gasteiger partial charge >= 0.3 is 12.1 Å². The average molecular weight is 448 g/mol. The summed E-state index contributed by atoms with van der Waals surface area (Å²) in [7, 11) is 1.33. The standard InChI is InChI=1S/C23H33N3O6/c1-4-11-26-18-9-7-6-8-10-23(18,21(29)31-3)17(20(26)28)16-19(27)24-12-14-25(15-13-24)22(30)32-5-2/h4,9,17H,1,5-8,10-16H2,2-3H3/t17-,23-/m1/s1. The van der Waals surface area contributed by atoms with Crippen molar-refractivity contribution in [3.8, 4) is 0 Å². The maximum atomic E-state index is 13.4. The van der Waals surface area contributed by atoms with Gasteiger partial charge in [0.25, 0.3) is 0 Å². The predicted molar refractivity (Wildman–Crippen MR) is 116 cm³/mol. The molecular weight excluding hydrogens is 414 g/mol. The van der Waals surface area contributed by atoms with Crippen LogP contribution in [0.5, 0.6) is 0 Å². The van der Waals surface area contributed by atoms with Gasteiger partial charge < -0.3 is 24.2 Å². The lowest BCUT2D eigenvalue weighted by Gasteiger charge is -2.36. The molecule has 3 amide bonds. The molecule has 0 aromatic heterocycles. The highest BCUT2D eigenvalue weighted by Crippen LogP contribution is 2.53. The van der Waals surface area contributed by atoms with E-state index in [-0.39, 0.29) is 30.9 Å². The van der Waals surface area contributed by atoms with Crippen molar-refractivity contribution >= 4 is 23.9 Å². The Hall–Kier alpha value is -2.84. The van der Waals surface area contributed by atoms with Crippen LogP contribution >= 0.6 is 0 Å². The normalized spacial score (nSPS) is 25.6. The van der Waals surface area contributed by atoms with Gasteiger partial charge in [-0.2, -0.15) is 0 Å². The molecule has 176 valence electrons. The molecule has 2 fully saturated rings. The fourth-order valence-corrected chi connectivity index (χ4v) is 5.09. The number of allylic oxidation sites excluding steroid dienone is 1. The average Bonchev–Trinajstić information content (AvgIpc) is 2.94. The highest BCUT2D eigenvalue weighted by Gasteiger charge is 2.61. The fraction of sp³-hybridized carbons (Fsp3) is 0.652. The zero-order chi connectivity index (χ0) is 23.3. The van der Waals surface area contributed by atoms with Gasteiger partial charge in [0.2, 0.25) is 11.8 Å². The molecule has 3 aliphatic rings. The van der Waals surface area contributed by atoms with Crippen LogP contribution in [0.25, 0.3) is 0 Å². The summed E-state index contributed by atoms with van der Waals surface area (Å²) in [5.74, 6) is -1.70. The number of hydrogen-bond acceptors (Lipinski definition) is 6. The summed E-state index contributed by atoms with van der Waals surface area (Å²) in [5.41, 5.74) is -0.495. The zero-order valence-corrected chi connectivity index (χ0v) is 19.0. The number of carbonyl (C=O) groups excluding carboxylic acids is 4. The maximum absolute atomic E-state index is 13.4. The van der Waals surface area contributed by atoms with E-state index in [1.807, 2.05) is 6.08 Å². The molecule has 2 aliphatic heterocycles. The van der Waals surface area contributed by atoms with E-state index < -0.39 is 17.3 Å². The minimum Gasteiger partial charge on any atom is -0.468 e. The molecule has 0 aromatic rings. The summed E-state index contributed by atoms with van der Waals surface area (Å²) in [6, 6.07) is 0. The van der Waals surface area contributed by atoms with Crippen LogP contribution in [0.2, 0.25) is 0 Å². The summed E-state index contributed by atoms with van der Waals surface area (Å²) in [6.45, 7) is 7.56. The third-order valence-electron chi connectivity index (χ3n) is 6.67. The number of nitrogens with zero attached hydrogens (tertiary/aromatic N) is 3. The first kappa shape index (κ1) is 23.8. The number of ether oxygens (including phenoxy) is 2. The number of amides is 3. The number of carbonyl (C=O) groups is 4. The SMILES string of the molecule is C=CCN1C(=O)[C@@H](CC(=O)N2CCN(C(=O)OCC)CC2)[C@]2(C(=O)OC)CCCCC=C12. The first-order valence-electron chi connectivity index (χ1n) is 11.3. The van der Waals surface area contributed by atoms with Crippen LogP contribution in [0.1, 0.15) is 39.0 Å². The number of piperazine rings is 1. The van der Waals surface area contributed by atoms with E-state index in [4.69, 9.17) is 9.47 Å². The molecule has 0 bridgehead atoms. The van der Waals surface area contributed by atoms with Gasteiger partial charge in [0, 0.05) is 44.8 Å². The molecule has 1 aliphatic carbocycles. The minimum absolute atomic E-state index is 0.0711. The van der Waals surface area contributed by atoms with Gasteiger partial charge in [-0.15, -0.1) is 6.58 Å². The van der Waals surface area contributed by atoms with Crippen molar-refractivity contribution in [2.45, 2.75) is 39.0 Å². The topological polar surface area (TPSA) is 96.5 Å². The Labute approximate surface area is 189 Å². The van der Waals surface area contributed by atoms with E-state index in [1.54, 1.807) is 27.7 Å². The Morgan fingerprint density at radius 3 is 2.50 bits per heavy atom. The minimum atomic E-state index is -1.15. The van der Waals surface area contributed by atoms with Crippen molar-refractivity contribution in [2.24, 2.45) is 11.3 Å². The maximum Gasteiger partial charge on any atom is 0.409 e. The second kappa shape index (κ2) is 10.2. The number of likely N-dealkylation sites (tertiary alicyclic amines) is 1. The summed E-state index contributed by atoms with van der Waals surface area (Å²) < 4.78 is 10.2. The van der Waals surface area contributed by atoms with Gasteiger partial charge in [-0.25, -0.2) is 4.79 Å². The van der Waals surface area contributed by atoms with Gasteiger partial charge in [-0.05, 0) is 26.2 Å². The van der Waals surface area contributed by atoms with Gasteiger partial charge in [0.05, 0.1) is 19.6 Å². The van der Waals surface area contributed by atoms with Crippen LogP contribution in [0.3, 0.4) is 0 Å². The third kappa shape index (κ3) is 4.25. The van der Waals surface area contributed by atoms with E-state index in [0.717, 1.165) is 19.3 Å². The molecule has 2 heterocycles. The van der Waals surface area contributed by atoms with Crippen LogP contribution in [0.4, 0.5) is 4.79 Å². The monoisotopic (exact) mass is 447 g/mol. The molecule has 3 rings (SSSR count). The first-order chi connectivity index (χ1) is 15.4. The Kier molecular flexibility index (Phi) is 7.58. The van der Waals surface area contributed by atoms with Crippen molar-refractivity contribution in [2.75, 3.05) is 46.4 Å². The number of esters is 1.